The van der Waals surface area contributed by atoms with Crippen molar-refractivity contribution in [2.75, 3.05) is 6.26 Å². The SMILES string of the molecule is CC.CCC(C)(C)SC. The van der Waals surface area contributed by atoms with Crippen LogP contribution in [0.25, 0.3) is 0 Å². The fourth-order valence-electron chi connectivity index (χ4n) is 0.144. The Balaban J connectivity index is 0. The maximum absolute atomic E-state index is 2.26. The summed E-state index contributed by atoms with van der Waals surface area (Å²) in [5.74, 6) is 0. The molecule has 0 fully saturated rings. The molecular weight excluding hydrogens is 128 g/mol. The number of hydrogen-bond donors (Lipinski definition) is 0. The van der Waals surface area contributed by atoms with Crippen LogP contribution in [0, 0.1) is 0 Å². The van der Waals surface area contributed by atoms with E-state index in [2.05, 4.69) is 27.0 Å². The summed E-state index contributed by atoms with van der Waals surface area (Å²) >= 11 is 1.93. The van der Waals surface area contributed by atoms with Crippen molar-refractivity contribution >= 4 is 11.8 Å². The van der Waals surface area contributed by atoms with E-state index in [-0.39, 0.29) is 0 Å². The van der Waals surface area contributed by atoms with Crippen LogP contribution in [0.5, 0.6) is 0 Å². The van der Waals surface area contributed by atoms with Gasteiger partial charge >= 0.3 is 0 Å². The molecule has 0 bridgehead atoms. The van der Waals surface area contributed by atoms with Crippen LogP contribution >= 0.6 is 11.8 Å². The largest absolute Gasteiger partial charge is 0.159 e. The van der Waals surface area contributed by atoms with Crippen molar-refractivity contribution in [2.24, 2.45) is 0 Å². The molecule has 0 rings (SSSR count). The highest BCUT2D eigenvalue weighted by Crippen LogP contribution is 2.23. The van der Waals surface area contributed by atoms with Gasteiger partial charge in [0.25, 0.3) is 0 Å². The second-order valence-corrected chi connectivity index (χ2v) is 3.83. The molecule has 0 aromatic heterocycles. The minimum atomic E-state index is 0.500. The fourth-order valence-corrected chi connectivity index (χ4v) is 0.433. The molecule has 0 aromatic rings. The quantitative estimate of drug-likeness (QED) is 0.577. The Labute approximate surface area is 64.4 Å². The summed E-state index contributed by atoms with van der Waals surface area (Å²) < 4.78 is 0.500. The van der Waals surface area contributed by atoms with Crippen LogP contribution in [0.2, 0.25) is 0 Å². The zero-order valence-corrected chi connectivity index (χ0v) is 8.43. The van der Waals surface area contributed by atoms with Gasteiger partial charge in [0.1, 0.15) is 0 Å². The molecule has 0 saturated heterocycles. The summed E-state index contributed by atoms with van der Waals surface area (Å²) in [6.45, 7) is 10.7. The van der Waals surface area contributed by atoms with Crippen molar-refractivity contribution in [1.82, 2.24) is 0 Å². The summed E-state index contributed by atoms with van der Waals surface area (Å²) in [4.78, 5) is 0. The van der Waals surface area contributed by atoms with Gasteiger partial charge in [-0.3, -0.25) is 0 Å². The standard InChI is InChI=1S/C6H14S.C2H6/c1-5-6(2,3)7-4;1-2/h5H2,1-4H3;1-2H3. The number of hydrogen-bond acceptors (Lipinski definition) is 1. The Morgan fingerprint density at radius 2 is 1.56 bits per heavy atom. The zero-order valence-electron chi connectivity index (χ0n) is 7.62. The van der Waals surface area contributed by atoms with Crippen LogP contribution in [0.4, 0.5) is 0 Å². The highest BCUT2D eigenvalue weighted by Gasteiger charge is 2.10. The van der Waals surface area contributed by atoms with E-state index in [1.54, 1.807) is 0 Å². The maximum Gasteiger partial charge on any atom is 0.00979 e. The van der Waals surface area contributed by atoms with E-state index < -0.39 is 0 Å². The predicted molar refractivity (Wildman–Crippen MR) is 49.2 cm³/mol. The molecule has 0 aromatic carbocycles. The van der Waals surface area contributed by atoms with Gasteiger partial charge in [0, 0.05) is 4.75 Å². The van der Waals surface area contributed by atoms with Crippen LogP contribution < -0.4 is 0 Å². The summed E-state index contributed by atoms with van der Waals surface area (Å²) in [6.07, 6.45) is 3.41. The van der Waals surface area contributed by atoms with E-state index in [0.29, 0.717) is 4.75 Å². The minimum absolute atomic E-state index is 0.500. The van der Waals surface area contributed by atoms with Gasteiger partial charge in [-0.15, -0.1) is 0 Å². The first-order valence-electron chi connectivity index (χ1n) is 3.67. The van der Waals surface area contributed by atoms with E-state index in [4.69, 9.17) is 0 Å². The van der Waals surface area contributed by atoms with Gasteiger partial charge in [-0.2, -0.15) is 11.8 Å². The monoisotopic (exact) mass is 148 g/mol. The normalized spacial score (nSPS) is 10.0. The minimum Gasteiger partial charge on any atom is -0.159 e. The summed E-state index contributed by atoms with van der Waals surface area (Å²) in [7, 11) is 0. The smallest absolute Gasteiger partial charge is 0.00979 e. The molecule has 0 atom stereocenters. The molecule has 58 valence electrons. The Hall–Kier alpha value is 0.350. The van der Waals surface area contributed by atoms with Gasteiger partial charge in [0.15, 0.2) is 0 Å². The molecule has 0 nitrogen and oxygen atoms in total. The Bertz CT molecular complexity index is 42.5. The molecule has 1 heteroatoms. The Morgan fingerprint density at radius 3 is 1.56 bits per heavy atom. The van der Waals surface area contributed by atoms with Crippen molar-refractivity contribution in [3.63, 3.8) is 0 Å². The molecular formula is C8H20S. The molecule has 0 unspecified atom stereocenters. The molecule has 0 amide bonds. The third kappa shape index (κ3) is 8.35. The molecule has 0 radical (unpaired) electrons. The van der Waals surface area contributed by atoms with Crippen LogP contribution in [-0.2, 0) is 0 Å². The average molecular weight is 148 g/mol. The topological polar surface area (TPSA) is 0 Å². The van der Waals surface area contributed by atoms with Gasteiger partial charge in [0.2, 0.25) is 0 Å². The molecule has 0 N–H and O–H groups in total. The third-order valence-corrected chi connectivity index (χ3v) is 2.80. The highest BCUT2D eigenvalue weighted by atomic mass is 32.2. The van der Waals surface area contributed by atoms with Gasteiger partial charge < -0.3 is 0 Å². The van der Waals surface area contributed by atoms with Gasteiger partial charge in [-0.1, -0.05) is 34.6 Å². The molecule has 0 aliphatic heterocycles. The van der Waals surface area contributed by atoms with E-state index >= 15 is 0 Å². The maximum atomic E-state index is 2.26. The molecule has 0 saturated carbocycles. The fraction of sp³-hybridized carbons (Fsp3) is 1.00. The van der Waals surface area contributed by atoms with E-state index in [1.165, 1.54) is 6.42 Å². The van der Waals surface area contributed by atoms with E-state index in [9.17, 15) is 0 Å². The van der Waals surface area contributed by atoms with Crippen molar-refractivity contribution in [3.8, 4) is 0 Å². The summed E-state index contributed by atoms with van der Waals surface area (Å²) in [5.41, 5.74) is 0. The van der Waals surface area contributed by atoms with Crippen LogP contribution in [0.15, 0.2) is 0 Å². The Morgan fingerprint density at radius 1 is 1.22 bits per heavy atom. The summed E-state index contributed by atoms with van der Waals surface area (Å²) in [5, 5.41) is 0. The second-order valence-electron chi connectivity index (χ2n) is 2.32. The highest BCUT2D eigenvalue weighted by molar-refractivity contribution is 7.99. The van der Waals surface area contributed by atoms with Crippen LogP contribution in [-0.4, -0.2) is 11.0 Å². The van der Waals surface area contributed by atoms with Gasteiger partial charge in [-0.25, -0.2) is 0 Å². The third-order valence-electron chi connectivity index (χ3n) is 1.40. The van der Waals surface area contributed by atoms with E-state index in [0.717, 1.165) is 0 Å². The Kier molecular flexibility index (Phi) is 8.67. The van der Waals surface area contributed by atoms with E-state index in [1.807, 2.05) is 25.6 Å². The molecule has 9 heavy (non-hydrogen) atoms. The molecule has 0 spiro atoms. The first-order valence-corrected chi connectivity index (χ1v) is 4.90. The number of rotatable bonds is 2. The van der Waals surface area contributed by atoms with Gasteiger partial charge in [0.05, 0.1) is 0 Å². The number of thioether (sulfide) groups is 1. The van der Waals surface area contributed by atoms with Crippen molar-refractivity contribution in [3.05, 3.63) is 0 Å². The average Bonchev–Trinajstić information content (AvgIpc) is 1.93. The summed E-state index contributed by atoms with van der Waals surface area (Å²) in [6, 6.07) is 0. The van der Waals surface area contributed by atoms with Crippen molar-refractivity contribution < 1.29 is 0 Å². The lowest BCUT2D eigenvalue weighted by Gasteiger charge is -2.18. The van der Waals surface area contributed by atoms with Crippen molar-refractivity contribution in [1.29, 1.82) is 0 Å². The zero-order chi connectivity index (χ0) is 7.91. The lowest BCUT2D eigenvalue weighted by atomic mass is 10.1. The van der Waals surface area contributed by atoms with Crippen LogP contribution in [0.1, 0.15) is 41.0 Å². The predicted octanol–water partition coefficient (Wildman–Crippen LogP) is 3.56. The lowest BCUT2D eigenvalue weighted by Crippen LogP contribution is -2.10. The first kappa shape index (κ1) is 12.1. The second kappa shape index (κ2) is 6.47. The van der Waals surface area contributed by atoms with Crippen molar-refractivity contribution in [2.45, 2.75) is 45.8 Å². The van der Waals surface area contributed by atoms with Crippen LogP contribution in [0.3, 0.4) is 0 Å². The molecule has 0 aliphatic rings. The lowest BCUT2D eigenvalue weighted by molar-refractivity contribution is 0.687. The molecule has 0 aliphatic carbocycles. The molecule has 0 heterocycles. The first-order chi connectivity index (χ1) is 4.12. The van der Waals surface area contributed by atoms with Gasteiger partial charge in [-0.05, 0) is 12.7 Å².